The van der Waals surface area contributed by atoms with E-state index in [0.29, 0.717) is 41.3 Å². The van der Waals surface area contributed by atoms with Crippen molar-refractivity contribution >= 4 is 33.9 Å². The zero-order chi connectivity index (χ0) is 18.8. The topological polar surface area (TPSA) is 95.6 Å². The molecule has 8 nitrogen and oxygen atoms in total. The Hall–Kier alpha value is -3.42. The molecule has 0 aliphatic carbocycles. The van der Waals surface area contributed by atoms with Crippen LogP contribution in [-0.4, -0.2) is 41.8 Å². The van der Waals surface area contributed by atoms with Gasteiger partial charge in [0.05, 0.1) is 11.0 Å². The van der Waals surface area contributed by atoms with Crippen molar-refractivity contribution in [1.29, 1.82) is 0 Å². The van der Waals surface area contributed by atoms with Crippen LogP contribution in [0.2, 0.25) is 0 Å². The maximum atomic E-state index is 12.5. The van der Waals surface area contributed by atoms with E-state index in [-0.39, 0.29) is 17.7 Å². The molecular weight excluding hydrogens is 344 g/mol. The minimum Gasteiger partial charge on any atom is -0.273 e. The summed E-state index contributed by atoms with van der Waals surface area (Å²) in [5, 5.41) is 15.9. The smallest absolute Gasteiger partial charge is 0.249 e. The standard InChI is InChI=1S/C19H18N6O2/c1-13(12-19(27)25-17-9-5-3-7-15(17)21-23-25)10-11-18(26)24-16-8-4-2-6-14(16)20-22-24/h2-9,13H,10-12H2,1H3. The molecular formula is C19H18N6O2. The first-order valence-corrected chi connectivity index (χ1v) is 8.81. The number of hydrogen-bond donors (Lipinski definition) is 0. The number of rotatable bonds is 5. The average Bonchev–Trinajstić information content (AvgIpc) is 3.30. The van der Waals surface area contributed by atoms with E-state index < -0.39 is 0 Å². The normalized spacial score (nSPS) is 12.5. The van der Waals surface area contributed by atoms with Crippen molar-refractivity contribution in [3.05, 3.63) is 48.5 Å². The van der Waals surface area contributed by atoms with Gasteiger partial charge in [0.15, 0.2) is 0 Å². The molecule has 0 aliphatic heterocycles. The number of hydrogen-bond acceptors (Lipinski definition) is 6. The molecule has 4 aromatic rings. The van der Waals surface area contributed by atoms with E-state index in [1.807, 2.05) is 55.5 Å². The molecule has 4 rings (SSSR count). The van der Waals surface area contributed by atoms with Crippen LogP contribution in [0.1, 0.15) is 35.8 Å². The van der Waals surface area contributed by atoms with Gasteiger partial charge in [-0.3, -0.25) is 9.59 Å². The van der Waals surface area contributed by atoms with E-state index in [1.165, 1.54) is 9.36 Å². The summed E-state index contributed by atoms with van der Waals surface area (Å²) in [6, 6.07) is 14.7. The second kappa shape index (κ2) is 7.06. The van der Waals surface area contributed by atoms with E-state index in [4.69, 9.17) is 0 Å². The second-order valence-corrected chi connectivity index (χ2v) is 6.62. The Morgan fingerprint density at radius 3 is 1.96 bits per heavy atom. The molecule has 0 N–H and O–H groups in total. The highest BCUT2D eigenvalue weighted by molar-refractivity contribution is 5.89. The Bertz CT molecular complexity index is 1130. The van der Waals surface area contributed by atoms with Crippen LogP contribution >= 0.6 is 0 Å². The average molecular weight is 362 g/mol. The van der Waals surface area contributed by atoms with Crippen LogP contribution in [0.5, 0.6) is 0 Å². The van der Waals surface area contributed by atoms with Crippen molar-refractivity contribution in [2.24, 2.45) is 5.92 Å². The third kappa shape index (κ3) is 3.33. The molecule has 0 spiro atoms. The number of para-hydroxylation sites is 2. The molecule has 0 aliphatic rings. The molecule has 2 aromatic heterocycles. The third-order valence-corrected chi connectivity index (χ3v) is 4.55. The zero-order valence-corrected chi connectivity index (χ0v) is 14.8. The highest BCUT2D eigenvalue weighted by Gasteiger charge is 2.17. The van der Waals surface area contributed by atoms with E-state index >= 15 is 0 Å². The van der Waals surface area contributed by atoms with Crippen LogP contribution in [0, 0.1) is 5.92 Å². The minimum atomic E-state index is -0.130. The Kier molecular flexibility index (Phi) is 4.45. The molecule has 0 saturated heterocycles. The first-order chi connectivity index (χ1) is 13.1. The highest BCUT2D eigenvalue weighted by atomic mass is 16.2. The van der Waals surface area contributed by atoms with E-state index in [0.717, 1.165) is 0 Å². The summed E-state index contributed by atoms with van der Waals surface area (Å²) in [7, 11) is 0. The number of carbonyl (C=O) groups excluding carboxylic acids is 2. The lowest BCUT2D eigenvalue weighted by molar-refractivity contribution is 0.0838. The molecule has 1 atom stereocenters. The van der Waals surface area contributed by atoms with Crippen LogP contribution in [0.15, 0.2) is 48.5 Å². The zero-order valence-electron chi connectivity index (χ0n) is 14.8. The Labute approximate surface area is 154 Å². The minimum absolute atomic E-state index is 0.0270. The van der Waals surface area contributed by atoms with Crippen LogP contribution in [0.3, 0.4) is 0 Å². The predicted octanol–water partition coefficient (Wildman–Crippen LogP) is 2.96. The van der Waals surface area contributed by atoms with Gasteiger partial charge in [-0.1, -0.05) is 41.6 Å². The van der Waals surface area contributed by atoms with Gasteiger partial charge in [0.1, 0.15) is 11.0 Å². The molecule has 0 fully saturated rings. The Morgan fingerprint density at radius 2 is 1.37 bits per heavy atom. The quantitative estimate of drug-likeness (QED) is 0.542. The van der Waals surface area contributed by atoms with Crippen molar-refractivity contribution in [3.63, 3.8) is 0 Å². The number of fused-ring (bicyclic) bond motifs is 2. The van der Waals surface area contributed by atoms with E-state index in [9.17, 15) is 9.59 Å². The molecule has 2 heterocycles. The molecule has 1 unspecified atom stereocenters. The summed E-state index contributed by atoms with van der Waals surface area (Å²) in [6.45, 7) is 1.95. The fourth-order valence-corrected chi connectivity index (χ4v) is 3.07. The van der Waals surface area contributed by atoms with Crippen molar-refractivity contribution in [2.75, 3.05) is 0 Å². The number of aromatic nitrogens is 6. The lowest BCUT2D eigenvalue weighted by atomic mass is 10.0. The van der Waals surface area contributed by atoms with Crippen LogP contribution in [-0.2, 0) is 0 Å². The lowest BCUT2D eigenvalue weighted by Gasteiger charge is -2.10. The van der Waals surface area contributed by atoms with Crippen molar-refractivity contribution in [3.8, 4) is 0 Å². The van der Waals surface area contributed by atoms with Gasteiger partial charge in [0.25, 0.3) is 0 Å². The van der Waals surface area contributed by atoms with Crippen LogP contribution in [0.25, 0.3) is 22.1 Å². The van der Waals surface area contributed by atoms with Gasteiger partial charge in [-0.2, -0.15) is 9.36 Å². The lowest BCUT2D eigenvalue weighted by Crippen LogP contribution is -2.18. The summed E-state index contributed by atoms with van der Waals surface area (Å²) < 4.78 is 2.66. The van der Waals surface area contributed by atoms with E-state index in [2.05, 4.69) is 20.6 Å². The molecule has 0 saturated carbocycles. The monoisotopic (exact) mass is 362 g/mol. The summed E-state index contributed by atoms with van der Waals surface area (Å²) in [6.07, 6.45) is 1.16. The van der Waals surface area contributed by atoms with Gasteiger partial charge in [0, 0.05) is 12.8 Å². The molecule has 136 valence electrons. The van der Waals surface area contributed by atoms with Gasteiger partial charge in [-0.25, -0.2) is 0 Å². The largest absolute Gasteiger partial charge is 0.273 e. The Morgan fingerprint density at radius 1 is 0.852 bits per heavy atom. The van der Waals surface area contributed by atoms with Gasteiger partial charge in [-0.05, 0) is 36.6 Å². The fraction of sp³-hybridized carbons (Fsp3) is 0.263. The van der Waals surface area contributed by atoms with Crippen molar-refractivity contribution in [1.82, 2.24) is 30.0 Å². The van der Waals surface area contributed by atoms with Gasteiger partial charge >= 0.3 is 0 Å². The first kappa shape index (κ1) is 17.0. The summed E-state index contributed by atoms with van der Waals surface area (Å²) >= 11 is 0. The van der Waals surface area contributed by atoms with E-state index in [1.54, 1.807) is 0 Å². The van der Waals surface area contributed by atoms with Crippen molar-refractivity contribution < 1.29 is 9.59 Å². The SMILES string of the molecule is CC(CCC(=O)n1nnc2ccccc21)CC(=O)n1nnc2ccccc21. The summed E-state index contributed by atoms with van der Waals surface area (Å²) in [5.74, 6) is -0.233. The maximum absolute atomic E-state index is 12.5. The summed E-state index contributed by atoms with van der Waals surface area (Å²) in [4.78, 5) is 25.0. The highest BCUT2D eigenvalue weighted by Crippen LogP contribution is 2.17. The second-order valence-electron chi connectivity index (χ2n) is 6.62. The first-order valence-electron chi connectivity index (χ1n) is 8.81. The van der Waals surface area contributed by atoms with Gasteiger partial charge < -0.3 is 0 Å². The summed E-state index contributed by atoms with van der Waals surface area (Å²) in [5.41, 5.74) is 2.76. The molecule has 0 radical (unpaired) electrons. The molecule has 27 heavy (non-hydrogen) atoms. The maximum Gasteiger partial charge on any atom is 0.249 e. The van der Waals surface area contributed by atoms with Gasteiger partial charge in [-0.15, -0.1) is 10.2 Å². The molecule has 0 bridgehead atoms. The van der Waals surface area contributed by atoms with Crippen LogP contribution < -0.4 is 0 Å². The van der Waals surface area contributed by atoms with Crippen LogP contribution in [0.4, 0.5) is 0 Å². The molecule has 8 heteroatoms. The molecule has 0 amide bonds. The number of carbonyl (C=O) groups is 2. The van der Waals surface area contributed by atoms with Crippen molar-refractivity contribution in [2.45, 2.75) is 26.2 Å². The van der Waals surface area contributed by atoms with Gasteiger partial charge in [0.2, 0.25) is 11.8 Å². The fourth-order valence-electron chi connectivity index (χ4n) is 3.07. The third-order valence-electron chi connectivity index (χ3n) is 4.55. The Balaban J connectivity index is 1.38. The molecule has 2 aromatic carbocycles. The number of benzene rings is 2. The number of nitrogens with zero attached hydrogens (tertiary/aromatic N) is 6. The predicted molar refractivity (Wildman–Crippen MR) is 99.3 cm³/mol.